The minimum Gasteiger partial charge on any atom is -0.346 e. The van der Waals surface area contributed by atoms with E-state index in [4.69, 9.17) is 0 Å². The Morgan fingerprint density at radius 3 is 2.74 bits per heavy atom. The molecule has 0 spiro atoms. The number of carbonyl (C=O) groups excluding carboxylic acids is 1. The number of halogens is 3. The molecule has 108 valence electrons. The minimum absolute atomic E-state index is 0.165. The van der Waals surface area contributed by atoms with Crippen molar-refractivity contribution in [1.82, 2.24) is 15.6 Å². The summed E-state index contributed by atoms with van der Waals surface area (Å²) >= 11 is 1.52. The highest BCUT2D eigenvalue weighted by Gasteiger charge is 2.27. The molecule has 0 radical (unpaired) electrons. The van der Waals surface area contributed by atoms with E-state index in [9.17, 15) is 18.0 Å². The van der Waals surface area contributed by atoms with E-state index >= 15 is 0 Å². The zero-order chi connectivity index (χ0) is 14.5. The highest BCUT2D eigenvalue weighted by Crippen LogP contribution is 2.19. The van der Waals surface area contributed by atoms with Crippen molar-refractivity contribution in [3.05, 3.63) is 16.1 Å². The van der Waals surface area contributed by atoms with Crippen LogP contribution in [0.15, 0.2) is 6.20 Å². The lowest BCUT2D eigenvalue weighted by atomic mass is 10.3. The van der Waals surface area contributed by atoms with Gasteiger partial charge in [-0.25, -0.2) is 4.98 Å². The van der Waals surface area contributed by atoms with Gasteiger partial charge in [0.25, 0.3) is 0 Å². The number of nitrogens with zero attached hydrogens (tertiary/aromatic N) is 1. The van der Waals surface area contributed by atoms with Gasteiger partial charge >= 0.3 is 6.18 Å². The van der Waals surface area contributed by atoms with Crippen molar-refractivity contribution in [3.63, 3.8) is 0 Å². The fraction of sp³-hybridized carbons (Fsp3) is 0.636. The molecule has 0 fully saturated rings. The van der Waals surface area contributed by atoms with Crippen LogP contribution < -0.4 is 10.6 Å². The summed E-state index contributed by atoms with van der Waals surface area (Å²) in [6.07, 6.45) is -1.73. The summed E-state index contributed by atoms with van der Waals surface area (Å²) in [5, 5.41) is 5.46. The zero-order valence-electron chi connectivity index (χ0n) is 10.7. The maximum atomic E-state index is 11.9. The molecule has 1 rings (SSSR count). The number of hydrogen-bond acceptors (Lipinski definition) is 4. The average Bonchev–Trinajstić information content (AvgIpc) is 2.81. The quantitative estimate of drug-likeness (QED) is 0.844. The SMILES string of the molecule is CCc1cnc(C(C)NCC(=O)NCC(F)(F)F)s1. The first-order valence-electron chi connectivity index (χ1n) is 5.83. The number of amides is 1. The second-order valence-corrected chi connectivity index (χ2v) is 5.16. The average molecular weight is 295 g/mol. The van der Waals surface area contributed by atoms with Crippen molar-refractivity contribution < 1.29 is 18.0 Å². The molecule has 1 aromatic heterocycles. The minimum atomic E-state index is -4.38. The Kier molecular flexibility index (Phi) is 5.74. The number of carbonyl (C=O) groups is 1. The molecule has 0 bridgehead atoms. The van der Waals surface area contributed by atoms with Crippen LogP contribution >= 0.6 is 11.3 Å². The number of nitrogens with one attached hydrogen (secondary N) is 2. The lowest BCUT2D eigenvalue weighted by Gasteiger charge is -2.12. The first-order chi connectivity index (χ1) is 8.81. The van der Waals surface area contributed by atoms with Gasteiger partial charge in [-0.3, -0.25) is 10.1 Å². The third-order valence-corrected chi connectivity index (χ3v) is 3.67. The molecule has 2 N–H and O–H groups in total. The lowest BCUT2D eigenvalue weighted by molar-refractivity contribution is -0.137. The highest BCUT2D eigenvalue weighted by atomic mass is 32.1. The van der Waals surface area contributed by atoms with Crippen LogP contribution in [0.3, 0.4) is 0 Å². The van der Waals surface area contributed by atoms with Gasteiger partial charge in [0, 0.05) is 11.1 Å². The fourth-order valence-electron chi connectivity index (χ4n) is 1.28. The molecule has 1 atom stereocenters. The molecule has 1 aromatic rings. The van der Waals surface area contributed by atoms with Gasteiger partial charge in [-0.1, -0.05) is 6.92 Å². The zero-order valence-corrected chi connectivity index (χ0v) is 11.5. The standard InChI is InChI=1S/C11H16F3N3OS/c1-3-8-4-16-10(19-8)7(2)15-5-9(18)17-6-11(12,13)14/h4,7,15H,3,5-6H2,1-2H3,(H,17,18). The van der Waals surface area contributed by atoms with Crippen LogP contribution in [0.2, 0.25) is 0 Å². The maximum Gasteiger partial charge on any atom is 0.405 e. The number of thiazole rings is 1. The molecule has 0 aliphatic rings. The molecule has 0 saturated carbocycles. The number of hydrogen-bond donors (Lipinski definition) is 2. The molecule has 1 heterocycles. The van der Waals surface area contributed by atoms with E-state index in [1.807, 2.05) is 13.8 Å². The van der Waals surface area contributed by atoms with E-state index in [2.05, 4.69) is 10.3 Å². The molecular weight excluding hydrogens is 279 g/mol. The van der Waals surface area contributed by atoms with Crippen LogP contribution in [0.25, 0.3) is 0 Å². The fourth-order valence-corrected chi connectivity index (χ4v) is 2.16. The third-order valence-electron chi connectivity index (χ3n) is 2.35. The van der Waals surface area contributed by atoms with Crippen molar-refractivity contribution in [3.8, 4) is 0 Å². The van der Waals surface area contributed by atoms with Gasteiger partial charge in [0.15, 0.2) is 0 Å². The molecule has 0 aromatic carbocycles. The monoisotopic (exact) mass is 295 g/mol. The van der Waals surface area contributed by atoms with Crippen LogP contribution in [0, 0.1) is 0 Å². The maximum absolute atomic E-state index is 11.9. The second-order valence-electron chi connectivity index (χ2n) is 4.01. The van der Waals surface area contributed by atoms with Gasteiger partial charge in [0.1, 0.15) is 11.6 Å². The van der Waals surface area contributed by atoms with E-state index in [1.54, 1.807) is 11.5 Å². The summed E-state index contributed by atoms with van der Waals surface area (Å²) in [6, 6.07) is -0.165. The molecule has 0 aliphatic carbocycles. The van der Waals surface area contributed by atoms with Crippen LogP contribution in [0.4, 0.5) is 13.2 Å². The summed E-state index contributed by atoms with van der Waals surface area (Å²) in [5.74, 6) is -0.684. The van der Waals surface area contributed by atoms with E-state index < -0.39 is 18.6 Å². The van der Waals surface area contributed by atoms with Gasteiger partial charge in [0.05, 0.1) is 12.6 Å². The summed E-state index contributed by atoms with van der Waals surface area (Å²) in [4.78, 5) is 16.5. The van der Waals surface area contributed by atoms with Crippen molar-refractivity contribution in [2.24, 2.45) is 0 Å². The van der Waals surface area contributed by atoms with Gasteiger partial charge in [-0.15, -0.1) is 11.3 Å². The second kappa shape index (κ2) is 6.85. The predicted octanol–water partition coefficient (Wildman–Crippen LogP) is 2.03. The number of aryl methyl sites for hydroxylation is 1. The Morgan fingerprint density at radius 1 is 1.53 bits per heavy atom. The van der Waals surface area contributed by atoms with Crippen LogP contribution in [0.5, 0.6) is 0 Å². The Hall–Kier alpha value is -1.15. The van der Waals surface area contributed by atoms with Gasteiger partial charge in [0.2, 0.25) is 5.91 Å². The molecule has 1 amide bonds. The Morgan fingerprint density at radius 2 is 2.21 bits per heavy atom. The van der Waals surface area contributed by atoms with E-state index in [-0.39, 0.29) is 12.6 Å². The normalized spacial score (nSPS) is 13.3. The Bertz CT molecular complexity index is 420. The number of rotatable bonds is 6. The summed E-state index contributed by atoms with van der Waals surface area (Å²) in [7, 11) is 0. The van der Waals surface area contributed by atoms with E-state index in [0.717, 1.165) is 16.3 Å². The summed E-state index contributed by atoms with van der Waals surface area (Å²) < 4.78 is 35.6. The molecule has 8 heteroatoms. The van der Waals surface area contributed by atoms with E-state index in [1.165, 1.54) is 11.3 Å². The van der Waals surface area contributed by atoms with Crippen molar-refractivity contribution >= 4 is 17.2 Å². The number of aromatic nitrogens is 1. The molecular formula is C11H16F3N3OS. The van der Waals surface area contributed by atoms with Crippen molar-refractivity contribution in [2.75, 3.05) is 13.1 Å². The van der Waals surface area contributed by atoms with Gasteiger partial charge < -0.3 is 5.32 Å². The van der Waals surface area contributed by atoms with Crippen LogP contribution in [-0.2, 0) is 11.2 Å². The molecule has 0 saturated heterocycles. The number of alkyl halides is 3. The molecule has 4 nitrogen and oxygen atoms in total. The van der Waals surface area contributed by atoms with Crippen LogP contribution in [-0.4, -0.2) is 30.2 Å². The smallest absolute Gasteiger partial charge is 0.346 e. The van der Waals surface area contributed by atoms with Crippen LogP contribution in [0.1, 0.15) is 29.8 Å². The first kappa shape index (κ1) is 15.9. The first-order valence-corrected chi connectivity index (χ1v) is 6.65. The topological polar surface area (TPSA) is 54.0 Å². The summed E-state index contributed by atoms with van der Waals surface area (Å²) in [6.45, 7) is 2.35. The largest absolute Gasteiger partial charge is 0.405 e. The van der Waals surface area contributed by atoms with Crippen molar-refractivity contribution in [2.45, 2.75) is 32.5 Å². The molecule has 0 aliphatic heterocycles. The third kappa shape index (κ3) is 6.02. The Labute approximate surface area is 113 Å². The lowest BCUT2D eigenvalue weighted by Crippen LogP contribution is -2.39. The van der Waals surface area contributed by atoms with Gasteiger partial charge in [-0.05, 0) is 13.3 Å². The predicted molar refractivity (Wildman–Crippen MR) is 67.0 cm³/mol. The highest BCUT2D eigenvalue weighted by molar-refractivity contribution is 7.11. The summed E-state index contributed by atoms with van der Waals surface area (Å²) in [5.41, 5.74) is 0. The van der Waals surface area contributed by atoms with E-state index in [0.29, 0.717) is 0 Å². The molecule has 19 heavy (non-hydrogen) atoms. The molecule has 1 unspecified atom stereocenters. The Balaban J connectivity index is 2.33. The van der Waals surface area contributed by atoms with Crippen molar-refractivity contribution in [1.29, 1.82) is 0 Å². The van der Waals surface area contributed by atoms with Gasteiger partial charge in [-0.2, -0.15) is 13.2 Å².